The maximum atomic E-state index is 11.9. The Hall–Kier alpha value is -1.06. The van der Waals surface area contributed by atoms with Crippen LogP contribution in [0.1, 0.15) is 47.0 Å². The Morgan fingerprint density at radius 2 is 1.38 bits per heavy atom. The summed E-state index contributed by atoms with van der Waals surface area (Å²) in [7, 11) is 0. The number of carbonyl (C=O) groups excluding carboxylic acids is 2. The molecule has 4 nitrogen and oxygen atoms in total. The smallest absolute Gasteiger partial charge is 0.323 e. The number of hydrogen-bond donors (Lipinski definition) is 0. The van der Waals surface area contributed by atoms with E-state index in [1.165, 1.54) is 0 Å². The van der Waals surface area contributed by atoms with Gasteiger partial charge in [-0.3, -0.25) is 9.59 Å². The highest BCUT2D eigenvalue weighted by Crippen LogP contribution is 2.31. The summed E-state index contributed by atoms with van der Waals surface area (Å²) in [6.45, 7) is 7.77. The van der Waals surface area contributed by atoms with E-state index in [-0.39, 0.29) is 13.2 Å². The van der Waals surface area contributed by atoms with Gasteiger partial charge < -0.3 is 9.47 Å². The summed E-state index contributed by atoms with van der Waals surface area (Å²) in [5.41, 5.74) is -1.11. The molecule has 0 amide bonds. The summed E-state index contributed by atoms with van der Waals surface area (Å²) in [6, 6.07) is 0. The normalized spacial score (nSPS) is 11.0. The fourth-order valence-electron chi connectivity index (χ4n) is 1.72. The molecular formula is C12H22O4. The van der Waals surface area contributed by atoms with Crippen molar-refractivity contribution in [3.63, 3.8) is 0 Å². The van der Waals surface area contributed by atoms with Crippen molar-refractivity contribution in [3.05, 3.63) is 0 Å². The first-order valence-electron chi connectivity index (χ1n) is 5.93. The van der Waals surface area contributed by atoms with Crippen LogP contribution in [0.25, 0.3) is 0 Å². The number of carbonyl (C=O) groups is 2. The number of hydrogen-bond acceptors (Lipinski definition) is 4. The third-order valence-corrected chi connectivity index (χ3v) is 2.61. The molecule has 0 spiro atoms. The zero-order chi connectivity index (χ0) is 12.6. The lowest BCUT2D eigenvalue weighted by Gasteiger charge is -2.27. The zero-order valence-electron chi connectivity index (χ0n) is 10.7. The summed E-state index contributed by atoms with van der Waals surface area (Å²) in [5.74, 6) is -0.921. The van der Waals surface area contributed by atoms with Gasteiger partial charge in [0.2, 0.25) is 0 Å². The van der Waals surface area contributed by atoms with Gasteiger partial charge in [0.15, 0.2) is 5.41 Å². The molecule has 4 heteroatoms. The van der Waals surface area contributed by atoms with Gasteiger partial charge >= 0.3 is 11.9 Å². The highest BCUT2D eigenvalue weighted by molar-refractivity contribution is 6.00. The van der Waals surface area contributed by atoms with E-state index in [0.717, 1.165) is 6.42 Å². The first-order chi connectivity index (χ1) is 7.58. The van der Waals surface area contributed by atoms with Gasteiger partial charge in [0.1, 0.15) is 0 Å². The molecule has 94 valence electrons. The van der Waals surface area contributed by atoms with Gasteiger partial charge in [0, 0.05) is 0 Å². The van der Waals surface area contributed by atoms with Crippen molar-refractivity contribution in [1.82, 2.24) is 0 Å². The molecule has 0 bridgehead atoms. The average molecular weight is 230 g/mol. The second-order valence-corrected chi connectivity index (χ2v) is 3.63. The molecule has 0 aliphatic carbocycles. The third-order valence-electron chi connectivity index (χ3n) is 2.61. The molecule has 0 atom stereocenters. The first-order valence-corrected chi connectivity index (χ1v) is 5.93. The molecule has 0 unspecified atom stereocenters. The van der Waals surface area contributed by atoms with Gasteiger partial charge in [0.25, 0.3) is 0 Å². The third kappa shape index (κ3) is 3.22. The van der Waals surface area contributed by atoms with E-state index in [1.54, 1.807) is 13.8 Å². The number of ether oxygens (including phenoxy) is 2. The van der Waals surface area contributed by atoms with Gasteiger partial charge in [-0.15, -0.1) is 0 Å². The molecule has 0 aromatic heterocycles. The van der Waals surface area contributed by atoms with E-state index in [0.29, 0.717) is 12.8 Å². The van der Waals surface area contributed by atoms with Crippen molar-refractivity contribution in [3.8, 4) is 0 Å². The van der Waals surface area contributed by atoms with Crippen LogP contribution in [0.15, 0.2) is 0 Å². The molecule has 0 rings (SSSR count). The largest absolute Gasteiger partial charge is 0.465 e. The van der Waals surface area contributed by atoms with Crippen LogP contribution in [0.4, 0.5) is 0 Å². The fourth-order valence-corrected chi connectivity index (χ4v) is 1.72. The Kier molecular flexibility index (Phi) is 6.77. The molecule has 0 N–H and O–H groups in total. The molecule has 0 radical (unpaired) electrons. The van der Waals surface area contributed by atoms with Gasteiger partial charge in [-0.2, -0.15) is 0 Å². The van der Waals surface area contributed by atoms with E-state index in [1.807, 2.05) is 13.8 Å². The topological polar surface area (TPSA) is 52.6 Å². The van der Waals surface area contributed by atoms with Crippen LogP contribution in [0.5, 0.6) is 0 Å². The molecule has 0 saturated carbocycles. The Balaban J connectivity index is 4.97. The Morgan fingerprint density at radius 3 is 1.62 bits per heavy atom. The standard InChI is InChI=1S/C12H22O4/c1-5-9-12(6-2,10(13)15-7-3)11(14)16-8-4/h5-9H2,1-4H3. The predicted molar refractivity (Wildman–Crippen MR) is 60.9 cm³/mol. The molecule has 0 heterocycles. The minimum atomic E-state index is -1.11. The minimum absolute atomic E-state index is 0.281. The molecule has 0 aromatic rings. The Bertz CT molecular complexity index is 217. The monoisotopic (exact) mass is 230 g/mol. The highest BCUT2D eigenvalue weighted by atomic mass is 16.6. The summed E-state index contributed by atoms with van der Waals surface area (Å²) in [5, 5.41) is 0. The molecule has 0 aliphatic rings. The van der Waals surface area contributed by atoms with Gasteiger partial charge in [-0.05, 0) is 26.7 Å². The summed E-state index contributed by atoms with van der Waals surface area (Å²) >= 11 is 0. The van der Waals surface area contributed by atoms with E-state index in [9.17, 15) is 9.59 Å². The van der Waals surface area contributed by atoms with E-state index >= 15 is 0 Å². The van der Waals surface area contributed by atoms with Crippen LogP contribution >= 0.6 is 0 Å². The summed E-state index contributed by atoms with van der Waals surface area (Å²) in [6.07, 6.45) is 1.63. The Morgan fingerprint density at radius 1 is 0.938 bits per heavy atom. The Labute approximate surface area is 97.3 Å². The van der Waals surface area contributed by atoms with Crippen LogP contribution < -0.4 is 0 Å². The van der Waals surface area contributed by atoms with Crippen LogP contribution in [0.3, 0.4) is 0 Å². The predicted octanol–water partition coefficient (Wildman–Crippen LogP) is 2.31. The zero-order valence-corrected chi connectivity index (χ0v) is 10.7. The first kappa shape index (κ1) is 14.9. The lowest BCUT2D eigenvalue weighted by atomic mass is 9.81. The maximum Gasteiger partial charge on any atom is 0.323 e. The van der Waals surface area contributed by atoms with E-state index in [4.69, 9.17) is 9.47 Å². The summed E-state index contributed by atoms with van der Waals surface area (Å²) < 4.78 is 9.96. The van der Waals surface area contributed by atoms with Crippen LogP contribution in [-0.2, 0) is 19.1 Å². The molecule has 0 fully saturated rings. The van der Waals surface area contributed by atoms with Crippen LogP contribution in [0.2, 0.25) is 0 Å². The van der Waals surface area contributed by atoms with E-state index in [2.05, 4.69) is 0 Å². The molecule has 16 heavy (non-hydrogen) atoms. The fraction of sp³-hybridized carbons (Fsp3) is 0.833. The molecule has 0 aromatic carbocycles. The van der Waals surface area contributed by atoms with Gasteiger partial charge in [-0.1, -0.05) is 20.3 Å². The number of rotatable bonds is 7. The van der Waals surface area contributed by atoms with Crippen molar-refractivity contribution in [2.45, 2.75) is 47.0 Å². The molecular weight excluding hydrogens is 208 g/mol. The second-order valence-electron chi connectivity index (χ2n) is 3.63. The summed E-state index contributed by atoms with van der Waals surface area (Å²) in [4.78, 5) is 23.8. The van der Waals surface area contributed by atoms with Crippen molar-refractivity contribution in [2.75, 3.05) is 13.2 Å². The lowest BCUT2D eigenvalue weighted by Crippen LogP contribution is -2.41. The van der Waals surface area contributed by atoms with Crippen LogP contribution in [0, 0.1) is 5.41 Å². The van der Waals surface area contributed by atoms with Gasteiger partial charge in [0.05, 0.1) is 13.2 Å². The van der Waals surface area contributed by atoms with Crippen molar-refractivity contribution in [1.29, 1.82) is 0 Å². The van der Waals surface area contributed by atoms with Crippen molar-refractivity contribution < 1.29 is 19.1 Å². The minimum Gasteiger partial charge on any atom is -0.465 e. The quantitative estimate of drug-likeness (QED) is 0.497. The average Bonchev–Trinajstić information content (AvgIpc) is 2.26. The number of esters is 2. The van der Waals surface area contributed by atoms with Crippen LogP contribution in [-0.4, -0.2) is 25.2 Å². The van der Waals surface area contributed by atoms with Crippen molar-refractivity contribution >= 4 is 11.9 Å². The highest BCUT2D eigenvalue weighted by Gasteiger charge is 2.46. The lowest BCUT2D eigenvalue weighted by molar-refractivity contribution is -0.173. The maximum absolute atomic E-state index is 11.9. The SMILES string of the molecule is CCCC(CC)(C(=O)OCC)C(=O)OCC. The van der Waals surface area contributed by atoms with Crippen molar-refractivity contribution in [2.24, 2.45) is 5.41 Å². The van der Waals surface area contributed by atoms with Gasteiger partial charge in [-0.25, -0.2) is 0 Å². The second kappa shape index (κ2) is 7.25. The molecule has 0 aliphatic heterocycles. The van der Waals surface area contributed by atoms with E-state index < -0.39 is 17.4 Å². The molecule has 0 saturated heterocycles.